The van der Waals surface area contributed by atoms with Crippen molar-refractivity contribution in [3.05, 3.63) is 72.0 Å². The van der Waals surface area contributed by atoms with E-state index in [0.717, 1.165) is 35.4 Å². The van der Waals surface area contributed by atoms with E-state index in [9.17, 15) is 4.79 Å². The lowest BCUT2D eigenvalue weighted by molar-refractivity contribution is -0.136. The third-order valence-corrected chi connectivity index (χ3v) is 5.77. The van der Waals surface area contributed by atoms with Crippen LogP contribution in [0.15, 0.2) is 59.3 Å². The fourth-order valence-corrected chi connectivity index (χ4v) is 3.87. The van der Waals surface area contributed by atoms with Crippen molar-refractivity contribution in [3.8, 4) is 11.5 Å². The molecule has 182 valence electrons. The molecule has 1 N–H and O–H groups in total. The number of hydrogen-bond donors (Lipinski definition) is 1. The van der Waals surface area contributed by atoms with Crippen LogP contribution in [-0.2, 0) is 17.6 Å². The Morgan fingerprint density at radius 2 is 2.00 bits per heavy atom. The monoisotopic (exact) mass is 465 g/mol. The Bertz CT molecular complexity index is 1010. The third kappa shape index (κ3) is 8.25. The van der Waals surface area contributed by atoms with Gasteiger partial charge in [-0.1, -0.05) is 42.9 Å². The molecule has 0 atom stereocenters. The molecule has 1 heterocycles. The lowest BCUT2D eigenvalue weighted by Gasteiger charge is -2.24. The number of carboxylic acid groups (broad SMARTS) is 1. The smallest absolute Gasteiger partial charge is 0.303 e. The summed E-state index contributed by atoms with van der Waals surface area (Å²) in [5, 5.41) is 9.08. The van der Waals surface area contributed by atoms with E-state index in [4.69, 9.17) is 19.0 Å². The van der Waals surface area contributed by atoms with Crippen LogP contribution >= 0.6 is 0 Å². The predicted octanol–water partition coefficient (Wildman–Crippen LogP) is 6.56. The van der Waals surface area contributed by atoms with E-state index in [1.165, 1.54) is 19.3 Å². The molecule has 0 unspecified atom stereocenters. The molecule has 0 bridgehead atoms. The van der Waals surface area contributed by atoms with E-state index in [-0.39, 0.29) is 12.5 Å². The third-order valence-electron chi connectivity index (χ3n) is 5.77. The van der Waals surface area contributed by atoms with Crippen LogP contribution in [-0.4, -0.2) is 28.8 Å². The number of nitrogens with zero attached hydrogens (tertiary/aromatic N) is 1. The maximum atomic E-state index is 11.1. The van der Waals surface area contributed by atoms with Crippen molar-refractivity contribution in [2.45, 2.75) is 71.3 Å². The molecule has 1 aromatic carbocycles. The topological polar surface area (TPSA) is 81.8 Å². The normalized spacial score (nSPS) is 15.3. The largest absolute Gasteiger partial charge is 0.493 e. The summed E-state index contributed by atoms with van der Waals surface area (Å²) in [6, 6.07) is 5.69. The predicted molar refractivity (Wildman–Crippen MR) is 133 cm³/mol. The average Bonchev–Trinajstić information content (AvgIpc) is 3.31. The van der Waals surface area contributed by atoms with Crippen molar-refractivity contribution >= 4 is 11.5 Å². The number of benzene rings is 1. The minimum absolute atomic E-state index is 0.0781. The Morgan fingerprint density at radius 3 is 2.76 bits per heavy atom. The second kappa shape index (κ2) is 13.4. The number of rotatable bonds is 12. The highest BCUT2D eigenvalue weighted by molar-refractivity contribution is 5.67. The van der Waals surface area contributed by atoms with E-state index in [1.54, 1.807) is 6.26 Å². The van der Waals surface area contributed by atoms with Crippen LogP contribution < -0.4 is 9.47 Å². The van der Waals surface area contributed by atoms with Gasteiger partial charge in [-0.05, 0) is 57.6 Å². The summed E-state index contributed by atoms with van der Waals surface area (Å²) in [7, 11) is 0. The summed E-state index contributed by atoms with van der Waals surface area (Å²) in [6.07, 6.45) is 18.5. The SMILES string of the molecule is C\C=C/C=C\C=C(/C)c1nc(CCOc2ccc(CCC(=O)O)c(OC3CCCCC3)c2)co1. The number of aliphatic carboxylic acids is 1. The zero-order chi connectivity index (χ0) is 24.2. The van der Waals surface area contributed by atoms with E-state index in [2.05, 4.69) is 4.98 Å². The second-order valence-electron chi connectivity index (χ2n) is 8.54. The van der Waals surface area contributed by atoms with Crippen LogP contribution in [0.2, 0.25) is 0 Å². The lowest BCUT2D eigenvalue weighted by atomic mass is 9.97. The Labute approximate surface area is 202 Å². The van der Waals surface area contributed by atoms with Gasteiger partial charge in [0.05, 0.1) is 18.4 Å². The van der Waals surface area contributed by atoms with E-state index in [1.807, 2.05) is 62.4 Å². The summed E-state index contributed by atoms with van der Waals surface area (Å²) in [4.78, 5) is 15.6. The van der Waals surface area contributed by atoms with Gasteiger partial charge in [0.1, 0.15) is 17.8 Å². The molecule has 34 heavy (non-hydrogen) atoms. The standard InChI is InChI=1S/C28H35NO5/c1-3-4-5-7-10-21(2)28-29-23(20-33-28)17-18-32-25-15-13-22(14-16-27(30)31)26(19-25)34-24-11-8-6-9-12-24/h3-5,7,10,13,15,19-20,24H,6,8-9,11-12,14,16-18H2,1-2H3,(H,30,31)/b4-3-,7-5-,21-10+. The number of oxazole rings is 1. The molecule has 0 radical (unpaired) electrons. The van der Waals surface area contributed by atoms with Crippen LogP contribution in [0.3, 0.4) is 0 Å². The van der Waals surface area contributed by atoms with Crippen molar-refractivity contribution < 1.29 is 23.8 Å². The van der Waals surface area contributed by atoms with Crippen molar-refractivity contribution in [3.63, 3.8) is 0 Å². The first-order chi connectivity index (χ1) is 16.5. The molecule has 6 heteroatoms. The molecule has 6 nitrogen and oxygen atoms in total. The number of ether oxygens (including phenoxy) is 2. The number of carbonyl (C=O) groups is 1. The molecule has 1 saturated carbocycles. The van der Waals surface area contributed by atoms with Gasteiger partial charge < -0.3 is 19.0 Å². The fourth-order valence-electron chi connectivity index (χ4n) is 3.87. The molecule has 1 fully saturated rings. The number of aryl methyl sites for hydroxylation is 1. The summed E-state index contributed by atoms with van der Waals surface area (Å²) in [5.41, 5.74) is 2.69. The van der Waals surface area contributed by atoms with Gasteiger partial charge in [-0.15, -0.1) is 0 Å². The minimum atomic E-state index is -0.810. The zero-order valence-electron chi connectivity index (χ0n) is 20.2. The highest BCUT2D eigenvalue weighted by Crippen LogP contribution is 2.30. The van der Waals surface area contributed by atoms with Gasteiger partial charge in [0, 0.05) is 24.5 Å². The second-order valence-corrected chi connectivity index (χ2v) is 8.54. The number of aromatic nitrogens is 1. The molecule has 0 amide bonds. The van der Waals surface area contributed by atoms with Gasteiger partial charge >= 0.3 is 5.97 Å². The fraction of sp³-hybridized carbons (Fsp3) is 0.429. The van der Waals surface area contributed by atoms with Crippen LogP contribution in [0.1, 0.15) is 69.5 Å². The maximum Gasteiger partial charge on any atom is 0.303 e. The summed E-state index contributed by atoms with van der Waals surface area (Å²) in [6.45, 7) is 4.39. The van der Waals surface area contributed by atoms with Crippen LogP contribution in [0.4, 0.5) is 0 Å². The van der Waals surface area contributed by atoms with Crippen LogP contribution in [0.5, 0.6) is 11.5 Å². The minimum Gasteiger partial charge on any atom is -0.493 e. The van der Waals surface area contributed by atoms with Gasteiger partial charge in [-0.2, -0.15) is 0 Å². The molecule has 1 aliphatic carbocycles. The van der Waals surface area contributed by atoms with Gasteiger partial charge in [0.2, 0.25) is 5.89 Å². The first-order valence-corrected chi connectivity index (χ1v) is 12.1. The quantitative estimate of drug-likeness (QED) is 0.358. The molecule has 2 aromatic rings. The zero-order valence-corrected chi connectivity index (χ0v) is 20.2. The highest BCUT2D eigenvalue weighted by Gasteiger charge is 2.17. The molecule has 1 aromatic heterocycles. The molecule has 1 aliphatic rings. The van der Waals surface area contributed by atoms with Gasteiger partial charge in [0.25, 0.3) is 0 Å². The first kappa shape index (κ1) is 25.3. The van der Waals surface area contributed by atoms with E-state index >= 15 is 0 Å². The summed E-state index contributed by atoms with van der Waals surface area (Å²) < 4.78 is 17.9. The van der Waals surface area contributed by atoms with Crippen molar-refractivity contribution in [2.75, 3.05) is 6.61 Å². The highest BCUT2D eigenvalue weighted by atomic mass is 16.5. The van der Waals surface area contributed by atoms with E-state index in [0.29, 0.717) is 31.1 Å². The number of hydrogen-bond acceptors (Lipinski definition) is 5. The Balaban J connectivity index is 1.59. The average molecular weight is 466 g/mol. The Kier molecular flexibility index (Phi) is 10.0. The summed E-state index contributed by atoms with van der Waals surface area (Å²) in [5.74, 6) is 1.24. The van der Waals surface area contributed by atoms with Gasteiger partial charge in [-0.3, -0.25) is 4.79 Å². The Hall–Kier alpha value is -3.28. The lowest BCUT2D eigenvalue weighted by Crippen LogP contribution is -2.20. The Morgan fingerprint density at radius 1 is 1.18 bits per heavy atom. The van der Waals surface area contributed by atoms with E-state index < -0.39 is 5.97 Å². The molecule has 0 aliphatic heterocycles. The van der Waals surface area contributed by atoms with Gasteiger partial charge in [0.15, 0.2) is 0 Å². The first-order valence-electron chi connectivity index (χ1n) is 12.1. The molecular weight excluding hydrogens is 430 g/mol. The van der Waals surface area contributed by atoms with Crippen molar-refractivity contribution in [1.82, 2.24) is 4.98 Å². The summed E-state index contributed by atoms with van der Waals surface area (Å²) >= 11 is 0. The number of allylic oxidation sites excluding steroid dienone is 6. The molecule has 3 rings (SSSR count). The van der Waals surface area contributed by atoms with Crippen LogP contribution in [0.25, 0.3) is 5.57 Å². The van der Waals surface area contributed by atoms with Gasteiger partial charge in [-0.25, -0.2) is 4.98 Å². The van der Waals surface area contributed by atoms with Crippen molar-refractivity contribution in [2.24, 2.45) is 0 Å². The van der Waals surface area contributed by atoms with Crippen molar-refractivity contribution in [1.29, 1.82) is 0 Å². The molecular formula is C28H35NO5. The molecule has 0 spiro atoms. The maximum absolute atomic E-state index is 11.1. The van der Waals surface area contributed by atoms with Crippen LogP contribution in [0, 0.1) is 0 Å². The number of carboxylic acids is 1. The molecule has 0 saturated heterocycles.